The van der Waals surface area contributed by atoms with Crippen LogP contribution >= 0.6 is 11.6 Å². The molecule has 0 bridgehead atoms. The number of rotatable bonds is 6. The molecule has 0 radical (unpaired) electrons. The second kappa shape index (κ2) is 10.2. The zero-order valence-electron chi connectivity index (χ0n) is 17.4. The number of nitrogens with two attached hydrogens (primary N) is 1. The van der Waals surface area contributed by atoms with E-state index in [2.05, 4.69) is 14.8 Å². The van der Waals surface area contributed by atoms with Gasteiger partial charge in [0.15, 0.2) is 12.6 Å². The summed E-state index contributed by atoms with van der Waals surface area (Å²) in [6.07, 6.45) is 0. The third kappa shape index (κ3) is 6.03. The van der Waals surface area contributed by atoms with Crippen LogP contribution in [0.5, 0.6) is 5.75 Å². The van der Waals surface area contributed by atoms with Crippen molar-refractivity contribution in [2.75, 3.05) is 51.8 Å². The third-order valence-electron chi connectivity index (χ3n) is 4.98. The summed E-state index contributed by atoms with van der Waals surface area (Å²) in [5.41, 5.74) is 8.37. The molecule has 3 rings (SSSR count). The quantitative estimate of drug-likeness (QED) is 0.564. The van der Waals surface area contributed by atoms with Gasteiger partial charge in [-0.05, 0) is 42.0 Å². The van der Waals surface area contributed by atoms with Gasteiger partial charge in [-0.1, -0.05) is 23.7 Å². The summed E-state index contributed by atoms with van der Waals surface area (Å²) in [5.74, 6) is 1.10. The normalized spacial score (nSPS) is 14.6. The third-order valence-corrected chi connectivity index (χ3v) is 5.23. The molecule has 1 heterocycles. The van der Waals surface area contributed by atoms with Crippen molar-refractivity contribution in [2.24, 2.45) is 10.7 Å². The number of piperazine rings is 1. The van der Waals surface area contributed by atoms with Crippen molar-refractivity contribution in [2.45, 2.75) is 6.54 Å². The summed E-state index contributed by atoms with van der Waals surface area (Å²) >= 11 is 5.97. The highest BCUT2D eigenvalue weighted by Gasteiger charge is 2.18. The van der Waals surface area contributed by atoms with Crippen LogP contribution in [0, 0.1) is 0 Å². The van der Waals surface area contributed by atoms with E-state index in [0.29, 0.717) is 18.3 Å². The minimum absolute atomic E-state index is 0.0136. The summed E-state index contributed by atoms with van der Waals surface area (Å²) in [6, 6.07) is 15.5. The number of halogens is 1. The van der Waals surface area contributed by atoms with Gasteiger partial charge >= 0.3 is 0 Å². The number of aliphatic imine (C=N–C) groups is 1. The maximum Gasteiger partial charge on any atom is 0.259 e. The predicted octanol–water partition coefficient (Wildman–Crippen LogP) is 2.44. The Hall–Kier alpha value is -2.93. The topological polar surface area (TPSA) is 74.4 Å². The molecule has 0 unspecified atom stereocenters. The van der Waals surface area contributed by atoms with E-state index in [1.54, 1.807) is 14.1 Å². The van der Waals surface area contributed by atoms with E-state index >= 15 is 0 Å². The molecular weight excluding hydrogens is 402 g/mol. The molecule has 1 fully saturated rings. The second-order valence-corrected chi connectivity index (χ2v) is 7.79. The van der Waals surface area contributed by atoms with E-state index in [1.807, 2.05) is 48.5 Å². The first-order valence-corrected chi connectivity index (χ1v) is 10.3. The van der Waals surface area contributed by atoms with Gasteiger partial charge in [-0.3, -0.25) is 4.79 Å². The fourth-order valence-electron chi connectivity index (χ4n) is 3.13. The Morgan fingerprint density at radius 2 is 1.83 bits per heavy atom. The Balaban J connectivity index is 1.51. The fraction of sp³-hybridized carbons (Fsp3) is 0.364. The Bertz CT molecular complexity index is 877. The van der Waals surface area contributed by atoms with Crippen molar-refractivity contribution >= 4 is 29.2 Å². The smallest absolute Gasteiger partial charge is 0.259 e. The molecule has 1 amide bonds. The van der Waals surface area contributed by atoms with Gasteiger partial charge in [0.05, 0.1) is 6.54 Å². The molecule has 0 atom stereocenters. The van der Waals surface area contributed by atoms with Crippen LogP contribution in [0.2, 0.25) is 5.02 Å². The van der Waals surface area contributed by atoms with E-state index in [0.717, 1.165) is 36.8 Å². The van der Waals surface area contributed by atoms with Crippen LogP contribution in [-0.4, -0.2) is 68.5 Å². The molecule has 2 aromatic rings. The highest BCUT2D eigenvalue weighted by molar-refractivity contribution is 6.30. The SMILES string of the molecule is CN(C)C(=O)COc1cccc(CN=C(N)N2CCN(c3ccc(Cl)cc3)CC2)c1. The number of anilines is 1. The number of nitrogens with zero attached hydrogens (tertiary/aromatic N) is 4. The van der Waals surface area contributed by atoms with Gasteiger partial charge in [-0.2, -0.15) is 0 Å². The number of benzene rings is 2. The number of ether oxygens (including phenoxy) is 1. The summed E-state index contributed by atoms with van der Waals surface area (Å²) in [5, 5.41) is 0.743. The summed E-state index contributed by atoms with van der Waals surface area (Å²) in [4.78, 5) is 22.1. The van der Waals surface area contributed by atoms with E-state index in [9.17, 15) is 4.79 Å². The number of hydrogen-bond donors (Lipinski definition) is 1. The van der Waals surface area contributed by atoms with Gasteiger partial charge in [0.25, 0.3) is 5.91 Å². The monoisotopic (exact) mass is 429 g/mol. The largest absolute Gasteiger partial charge is 0.484 e. The number of amides is 1. The summed E-state index contributed by atoms with van der Waals surface area (Å²) in [7, 11) is 3.41. The molecule has 1 aliphatic heterocycles. The molecule has 0 saturated carbocycles. The Morgan fingerprint density at radius 3 is 2.50 bits per heavy atom. The van der Waals surface area contributed by atoms with Crippen molar-refractivity contribution in [1.29, 1.82) is 0 Å². The highest BCUT2D eigenvalue weighted by atomic mass is 35.5. The average molecular weight is 430 g/mol. The lowest BCUT2D eigenvalue weighted by molar-refractivity contribution is -0.130. The summed E-state index contributed by atoms with van der Waals surface area (Å²) < 4.78 is 5.56. The van der Waals surface area contributed by atoms with Crippen LogP contribution < -0.4 is 15.4 Å². The Morgan fingerprint density at radius 1 is 1.13 bits per heavy atom. The van der Waals surface area contributed by atoms with Crippen LogP contribution in [0.15, 0.2) is 53.5 Å². The lowest BCUT2D eigenvalue weighted by Crippen LogP contribution is -2.51. The minimum Gasteiger partial charge on any atom is -0.484 e. The number of guanidine groups is 1. The molecule has 1 saturated heterocycles. The molecule has 2 aromatic carbocycles. The maximum atomic E-state index is 11.7. The fourth-order valence-corrected chi connectivity index (χ4v) is 3.25. The zero-order valence-corrected chi connectivity index (χ0v) is 18.2. The minimum atomic E-state index is -0.0830. The molecule has 160 valence electrons. The van der Waals surface area contributed by atoms with Crippen LogP contribution in [-0.2, 0) is 11.3 Å². The van der Waals surface area contributed by atoms with Crippen molar-refractivity contribution in [3.63, 3.8) is 0 Å². The standard InChI is InChI=1S/C22H28ClN5O2/c1-26(2)21(29)16-30-20-5-3-4-17(14-20)15-25-22(24)28-12-10-27(11-13-28)19-8-6-18(23)7-9-19/h3-9,14H,10-13,15-16H2,1-2H3,(H2,24,25). The molecule has 8 heteroatoms. The van der Waals surface area contributed by atoms with E-state index in [4.69, 9.17) is 22.1 Å². The van der Waals surface area contributed by atoms with Crippen LogP contribution in [0.4, 0.5) is 5.69 Å². The van der Waals surface area contributed by atoms with Gasteiger partial charge in [0, 0.05) is 51.0 Å². The van der Waals surface area contributed by atoms with Gasteiger partial charge < -0.3 is 25.2 Å². The number of carbonyl (C=O) groups excluding carboxylic acids is 1. The lowest BCUT2D eigenvalue weighted by Gasteiger charge is -2.36. The van der Waals surface area contributed by atoms with Crippen LogP contribution in [0.1, 0.15) is 5.56 Å². The average Bonchev–Trinajstić information content (AvgIpc) is 2.76. The van der Waals surface area contributed by atoms with Gasteiger partial charge in [0.2, 0.25) is 0 Å². The summed E-state index contributed by atoms with van der Waals surface area (Å²) in [6.45, 7) is 3.85. The van der Waals surface area contributed by atoms with Crippen molar-refractivity contribution in [3.05, 3.63) is 59.1 Å². The first-order chi connectivity index (χ1) is 14.4. The molecule has 0 aliphatic carbocycles. The molecule has 0 aromatic heterocycles. The molecular formula is C22H28ClN5O2. The van der Waals surface area contributed by atoms with E-state index < -0.39 is 0 Å². The number of likely N-dealkylation sites (N-methyl/N-ethyl adjacent to an activating group) is 1. The van der Waals surface area contributed by atoms with Crippen molar-refractivity contribution < 1.29 is 9.53 Å². The predicted molar refractivity (Wildman–Crippen MR) is 121 cm³/mol. The van der Waals surface area contributed by atoms with Gasteiger partial charge in [0.1, 0.15) is 5.75 Å². The molecule has 2 N–H and O–H groups in total. The second-order valence-electron chi connectivity index (χ2n) is 7.35. The van der Waals surface area contributed by atoms with Crippen LogP contribution in [0.3, 0.4) is 0 Å². The van der Waals surface area contributed by atoms with Crippen molar-refractivity contribution in [3.8, 4) is 5.75 Å². The van der Waals surface area contributed by atoms with E-state index in [1.165, 1.54) is 10.6 Å². The van der Waals surface area contributed by atoms with Gasteiger partial charge in [-0.25, -0.2) is 4.99 Å². The molecule has 30 heavy (non-hydrogen) atoms. The Labute approximate surface area is 182 Å². The van der Waals surface area contributed by atoms with E-state index in [-0.39, 0.29) is 12.5 Å². The number of carbonyl (C=O) groups is 1. The molecule has 0 spiro atoms. The number of hydrogen-bond acceptors (Lipinski definition) is 4. The van der Waals surface area contributed by atoms with Gasteiger partial charge in [-0.15, -0.1) is 0 Å². The van der Waals surface area contributed by atoms with Crippen molar-refractivity contribution in [1.82, 2.24) is 9.80 Å². The Kier molecular flexibility index (Phi) is 7.41. The van der Waals surface area contributed by atoms with Crippen LogP contribution in [0.25, 0.3) is 0 Å². The molecule has 7 nitrogen and oxygen atoms in total. The zero-order chi connectivity index (χ0) is 21.5. The first kappa shape index (κ1) is 21.8. The molecule has 1 aliphatic rings. The highest BCUT2D eigenvalue weighted by Crippen LogP contribution is 2.19. The first-order valence-electron chi connectivity index (χ1n) is 9.89. The lowest BCUT2D eigenvalue weighted by atomic mass is 10.2. The maximum absolute atomic E-state index is 11.7.